The van der Waals surface area contributed by atoms with E-state index >= 15 is 0 Å². The van der Waals surface area contributed by atoms with Crippen LogP contribution in [0.3, 0.4) is 0 Å². The first-order valence-corrected chi connectivity index (χ1v) is 6.36. The Morgan fingerprint density at radius 1 is 1.06 bits per heavy atom. The highest BCUT2D eigenvalue weighted by molar-refractivity contribution is 5.65. The maximum Gasteiger partial charge on any atom is 0.116 e. The molecule has 3 heteroatoms. The molecule has 0 aliphatic carbocycles. The zero-order valence-electron chi connectivity index (χ0n) is 10.8. The second-order valence-corrected chi connectivity index (χ2v) is 4.95. The molecule has 3 nitrogen and oxygen atoms in total. The van der Waals surface area contributed by atoms with Crippen molar-refractivity contribution in [1.82, 2.24) is 15.3 Å². The van der Waals surface area contributed by atoms with E-state index in [0.717, 1.165) is 25.2 Å². The van der Waals surface area contributed by atoms with Crippen LogP contribution in [0, 0.1) is 13.8 Å². The molecule has 2 aromatic rings. The van der Waals surface area contributed by atoms with Crippen LogP contribution in [0.5, 0.6) is 0 Å². The zero-order valence-corrected chi connectivity index (χ0v) is 10.8. The molecule has 3 rings (SSSR count). The molecule has 0 atom stereocenters. The molecule has 1 aromatic carbocycles. The number of rotatable bonds is 1. The van der Waals surface area contributed by atoms with Crippen LogP contribution in [-0.4, -0.2) is 16.5 Å². The predicted octanol–water partition coefficient (Wildman–Crippen LogP) is 2.41. The van der Waals surface area contributed by atoms with Crippen molar-refractivity contribution < 1.29 is 0 Å². The lowest BCUT2D eigenvalue weighted by atomic mass is 9.98. The van der Waals surface area contributed by atoms with Crippen LogP contribution in [0.15, 0.2) is 24.5 Å². The SMILES string of the molecule is Cc1cc(C)cc(-c2ncnc3c2CNCC3)c1. The van der Waals surface area contributed by atoms with Crippen molar-refractivity contribution in [2.45, 2.75) is 26.8 Å². The average molecular weight is 239 g/mol. The first kappa shape index (κ1) is 11.4. The van der Waals surface area contributed by atoms with E-state index in [2.05, 4.69) is 47.3 Å². The molecule has 1 aliphatic rings. The second-order valence-electron chi connectivity index (χ2n) is 4.95. The Morgan fingerprint density at radius 2 is 1.83 bits per heavy atom. The second kappa shape index (κ2) is 4.50. The van der Waals surface area contributed by atoms with Gasteiger partial charge in [0.1, 0.15) is 6.33 Å². The summed E-state index contributed by atoms with van der Waals surface area (Å²) in [6, 6.07) is 6.59. The predicted molar refractivity (Wildman–Crippen MR) is 72.4 cm³/mol. The largest absolute Gasteiger partial charge is 0.312 e. The van der Waals surface area contributed by atoms with Crippen LogP contribution in [0.2, 0.25) is 0 Å². The smallest absolute Gasteiger partial charge is 0.116 e. The van der Waals surface area contributed by atoms with E-state index in [4.69, 9.17) is 0 Å². The topological polar surface area (TPSA) is 37.8 Å². The highest BCUT2D eigenvalue weighted by Crippen LogP contribution is 2.26. The number of nitrogens with one attached hydrogen (secondary N) is 1. The van der Waals surface area contributed by atoms with Gasteiger partial charge in [-0.2, -0.15) is 0 Å². The van der Waals surface area contributed by atoms with Crippen molar-refractivity contribution in [3.8, 4) is 11.3 Å². The Labute approximate surface area is 107 Å². The van der Waals surface area contributed by atoms with Gasteiger partial charge >= 0.3 is 0 Å². The lowest BCUT2D eigenvalue weighted by Gasteiger charge is -2.18. The van der Waals surface area contributed by atoms with E-state index in [0.29, 0.717) is 0 Å². The summed E-state index contributed by atoms with van der Waals surface area (Å²) < 4.78 is 0. The average Bonchev–Trinajstić information content (AvgIpc) is 2.37. The van der Waals surface area contributed by atoms with Crippen LogP contribution >= 0.6 is 0 Å². The fraction of sp³-hybridized carbons (Fsp3) is 0.333. The summed E-state index contributed by atoms with van der Waals surface area (Å²) in [6.45, 7) is 6.14. The molecule has 1 N–H and O–H groups in total. The number of nitrogens with zero attached hydrogens (tertiary/aromatic N) is 2. The van der Waals surface area contributed by atoms with Gasteiger partial charge in [-0.15, -0.1) is 0 Å². The van der Waals surface area contributed by atoms with Crippen LogP contribution < -0.4 is 5.32 Å². The molecule has 0 unspecified atom stereocenters. The molecular formula is C15H17N3. The van der Waals surface area contributed by atoms with Gasteiger partial charge in [-0.25, -0.2) is 9.97 Å². The van der Waals surface area contributed by atoms with Crippen molar-refractivity contribution >= 4 is 0 Å². The first-order chi connectivity index (χ1) is 8.74. The minimum Gasteiger partial charge on any atom is -0.312 e. The van der Waals surface area contributed by atoms with Crippen LogP contribution in [0.1, 0.15) is 22.4 Å². The van der Waals surface area contributed by atoms with Gasteiger partial charge in [0.2, 0.25) is 0 Å². The minimum absolute atomic E-state index is 0.874. The normalized spacial score (nSPS) is 14.3. The third-order valence-electron chi connectivity index (χ3n) is 3.37. The molecule has 18 heavy (non-hydrogen) atoms. The van der Waals surface area contributed by atoms with E-state index in [1.165, 1.54) is 27.9 Å². The van der Waals surface area contributed by atoms with Crippen molar-refractivity contribution in [2.24, 2.45) is 0 Å². The number of aromatic nitrogens is 2. The van der Waals surface area contributed by atoms with Gasteiger partial charge in [0.15, 0.2) is 0 Å². The Hall–Kier alpha value is -1.74. The summed E-state index contributed by atoms with van der Waals surface area (Å²) in [7, 11) is 0. The summed E-state index contributed by atoms with van der Waals surface area (Å²) in [5.74, 6) is 0. The van der Waals surface area contributed by atoms with E-state index in [9.17, 15) is 0 Å². The summed E-state index contributed by atoms with van der Waals surface area (Å²) in [4.78, 5) is 8.89. The monoisotopic (exact) mass is 239 g/mol. The molecule has 0 amide bonds. The number of hydrogen-bond donors (Lipinski definition) is 1. The third kappa shape index (κ3) is 2.02. The number of hydrogen-bond acceptors (Lipinski definition) is 3. The summed E-state index contributed by atoms with van der Waals surface area (Å²) in [5.41, 5.74) is 7.29. The summed E-state index contributed by atoms with van der Waals surface area (Å²) >= 11 is 0. The Kier molecular flexibility index (Phi) is 2.84. The van der Waals surface area contributed by atoms with Gasteiger partial charge in [0.05, 0.1) is 11.4 Å². The highest BCUT2D eigenvalue weighted by Gasteiger charge is 2.16. The van der Waals surface area contributed by atoms with Gasteiger partial charge in [-0.05, 0) is 26.0 Å². The lowest BCUT2D eigenvalue weighted by molar-refractivity contribution is 0.627. The van der Waals surface area contributed by atoms with E-state index in [1.54, 1.807) is 6.33 Å². The third-order valence-corrected chi connectivity index (χ3v) is 3.37. The fourth-order valence-electron chi connectivity index (χ4n) is 2.63. The quantitative estimate of drug-likeness (QED) is 0.830. The molecule has 2 heterocycles. The van der Waals surface area contributed by atoms with Crippen molar-refractivity contribution in [3.05, 3.63) is 46.9 Å². The zero-order chi connectivity index (χ0) is 12.5. The molecule has 0 saturated carbocycles. The summed E-state index contributed by atoms with van der Waals surface area (Å²) in [5, 5.41) is 3.40. The standard InChI is InChI=1S/C15H17N3/c1-10-5-11(2)7-12(6-10)15-13-8-16-4-3-14(13)17-9-18-15/h5-7,9,16H,3-4,8H2,1-2H3. The number of benzene rings is 1. The van der Waals surface area contributed by atoms with Crippen molar-refractivity contribution in [3.63, 3.8) is 0 Å². The van der Waals surface area contributed by atoms with Gasteiger partial charge < -0.3 is 5.32 Å². The fourth-order valence-corrected chi connectivity index (χ4v) is 2.63. The lowest BCUT2D eigenvalue weighted by Crippen LogP contribution is -2.25. The molecular weight excluding hydrogens is 222 g/mol. The van der Waals surface area contributed by atoms with E-state index < -0.39 is 0 Å². The van der Waals surface area contributed by atoms with Gasteiger partial charge in [-0.3, -0.25) is 0 Å². The summed E-state index contributed by atoms with van der Waals surface area (Å²) in [6.07, 6.45) is 2.69. The Morgan fingerprint density at radius 3 is 2.61 bits per heavy atom. The molecule has 0 saturated heterocycles. The molecule has 0 bridgehead atoms. The number of fused-ring (bicyclic) bond motifs is 1. The van der Waals surface area contributed by atoms with E-state index in [-0.39, 0.29) is 0 Å². The molecule has 92 valence electrons. The minimum atomic E-state index is 0.874. The van der Waals surface area contributed by atoms with Crippen molar-refractivity contribution in [2.75, 3.05) is 6.54 Å². The van der Waals surface area contributed by atoms with Crippen LogP contribution in [0.25, 0.3) is 11.3 Å². The van der Waals surface area contributed by atoms with Crippen LogP contribution in [-0.2, 0) is 13.0 Å². The Balaban J connectivity index is 2.16. The molecule has 1 aliphatic heterocycles. The van der Waals surface area contributed by atoms with Gasteiger partial charge in [0.25, 0.3) is 0 Å². The molecule has 0 spiro atoms. The maximum absolute atomic E-state index is 4.49. The molecule has 1 aromatic heterocycles. The van der Waals surface area contributed by atoms with Gasteiger partial charge in [-0.1, -0.05) is 17.2 Å². The van der Waals surface area contributed by atoms with Crippen molar-refractivity contribution in [1.29, 1.82) is 0 Å². The first-order valence-electron chi connectivity index (χ1n) is 6.36. The van der Waals surface area contributed by atoms with Gasteiger partial charge in [0, 0.05) is 30.6 Å². The maximum atomic E-state index is 4.49. The highest BCUT2D eigenvalue weighted by atomic mass is 14.9. The molecule has 0 fully saturated rings. The molecule has 0 radical (unpaired) electrons. The van der Waals surface area contributed by atoms with Crippen LogP contribution in [0.4, 0.5) is 0 Å². The Bertz CT molecular complexity index is 570. The number of aryl methyl sites for hydroxylation is 2. The van der Waals surface area contributed by atoms with E-state index in [1.807, 2.05) is 0 Å².